The van der Waals surface area contributed by atoms with Gasteiger partial charge in [-0.2, -0.15) is 0 Å². The van der Waals surface area contributed by atoms with Crippen molar-refractivity contribution < 1.29 is 4.42 Å². The molecule has 0 bridgehead atoms. The van der Waals surface area contributed by atoms with Crippen LogP contribution >= 0.6 is 0 Å². The molecule has 3 heterocycles. The normalized spacial score (nSPS) is 16.7. The van der Waals surface area contributed by atoms with E-state index in [4.69, 9.17) is 14.4 Å². The monoisotopic (exact) mass is 580 g/mol. The Morgan fingerprint density at radius 3 is 2.13 bits per heavy atom. The molecule has 5 heteroatoms. The van der Waals surface area contributed by atoms with Gasteiger partial charge in [-0.15, -0.1) is 0 Å². The van der Waals surface area contributed by atoms with Crippen molar-refractivity contribution >= 4 is 49.4 Å². The molecule has 0 amide bonds. The molecule has 1 aliphatic rings. The highest BCUT2D eigenvalue weighted by molar-refractivity contribution is 6.17. The highest BCUT2D eigenvalue weighted by Crippen LogP contribution is 2.35. The number of aliphatic imine (C=N–C) groups is 1. The molecule has 0 spiro atoms. The van der Waals surface area contributed by atoms with Gasteiger partial charge in [0.2, 0.25) is 5.71 Å². The number of fused-ring (bicyclic) bond motifs is 5. The SMILES string of the molecule is c1ccc(C2N=C(c3cccc4oc5nc(-c6ccc7ccccc7c6)ccc5c34)NC(c3ccc4ccccc4c3)N2)cc1. The summed E-state index contributed by atoms with van der Waals surface area (Å²) in [6.07, 6.45) is -0.386. The third-order valence-corrected chi connectivity index (χ3v) is 8.75. The van der Waals surface area contributed by atoms with Gasteiger partial charge < -0.3 is 9.73 Å². The molecule has 9 rings (SSSR count). The molecule has 5 nitrogen and oxygen atoms in total. The maximum atomic E-state index is 6.40. The molecule has 2 unspecified atom stereocenters. The molecule has 1 aliphatic heterocycles. The first kappa shape index (κ1) is 25.7. The molecular formula is C40H28N4O. The average molecular weight is 581 g/mol. The van der Waals surface area contributed by atoms with Crippen molar-refractivity contribution in [2.45, 2.75) is 12.3 Å². The summed E-state index contributed by atoms with van der Waals surface area (Å²) in [4.78, 5) is 10.2. The van der Waals surface area contributed by atoms with E-state index < -0.39 is 0 Å². The second-order valence-corrected chi connectivity index (χ2v) is 11.5. The maximum Gasteiger partial charge on any atom is 0.227 e. The van der Waals surface area contributed by atoms with Crippen molar-refractivity contribution in [1.29, 1.82) is 0 Å². The van der Waals surface area contributed by atoms with Gasteiger partial charge in [-0.25, -0.2) is 9.98 Å². The van der Waals surface area contributed by atoms with Gasteiger partial charge in [0.15, 0.2) is 0 Å². The predicted molar refractivity (Wildman–Crippen MR) is 183 cm³/mol. The van der Waals surface area contributed by atoms with Crippen molar-refractivity contribution in [1.82, 2.24) is 15.6 Å². The van der Waals surface area contributed by atoms with Crippen LogP contribution in [0.25, 0.3) is 54.9 Å². The van der Waals surface area contributed by atoms with Crippen molar-refractivity contribution in [2.75, 3.05) is 0 Å². The van der Waals surface area contributed by atoms with Crippen molar-refractivity contribution in [3.8, 4) is 11.3 Å². The van der Waals surface area contributed by atoms with Crippen LogP contribution in [0.15, 0.2) is 155 Å². The van der Waals surface area contributed by atoms with Crippen molar-refractivity contribution in [2.24, 2.45) is 4.99 Å². The summed E-state index contributed by atoms with van der Waals surface area (Å²) in [5.74, 6) is 0.813. The minimum atomic E-state index is -0.232. The third kappa shape index (κ3) is 4.53. The summed E-state index contributed by atoms with van der Waals surface area (Å²) < 4.78 is 6.40. The Morgan fingerprint density at radius 2 is 1.31 bits per heavy atom. The summed E-state index contributed by atoms with van der Waals surface area (Å²) in [5, 5.41) is 14.2. The van der Waals surface area contributed by atoms with Crippen LogP contribution in [0.3, 0.4) is 0 Å². The highest BCUT2D eigenvalue weighted by Gasteiger charge is 2.27. The summed E-state index contributed by atoms with van der Waals surface area (Å²) in [7, 11) is 0. The Balaban J connectivity index is 1.16. The first-order chi connectivity index (χ1) is 22.3. The number of hydrogen-bond acceptors (Lipinski definition) is 5. The Bertz CT molecular complexity index is 2410. The number of hydrogen-bond donors (Lipinski definition) is 2. The van der Waals surface area contributed by atoms with Gasteiger partial charge in [0.25, 0.3) is 0 Å². The second kappa shape index (κ2) is 10.4. The lowest BCUT2D eigenvalue weighted by Gasteiger charge is -2.32. The van der Waals surface area contributed by atoms with Crippen LogP contribution in [0.5, 0.6) is 0 Å². The first-order valence-electron chi connectivity index (χ1n) is 15.2. The standard InChI is InChI=1S/C40H28N4O/c1-2-11-27(12-3-1)37-42-38(31-20-18-26-10-5-7-14-29(26)24-31)44-39(43-37)32-15-8-16-35-36(32)33-21-22-34(41-40(33)45-35)30-19-17-25-9-4-6-13-28(25)23-30/h1-24,37-38,42H,(H,43,44). The highest BCUT2D eigenvalue weighted by atomic mass is 16.3. The molecule has 6 aromatic carbocycles. The van der Waals surface area contributed by atoms with E-state index in [9.17, 15) is 0 Å². The number of nitrogens with one attached hydrogen (secondary N) is 2. The van der Waals surface area contributed by atoms with E-state index in [1.807, 2.05) is 18.2 Å². The van der Waals surface area contributed by atoms with Crippen LogP contribution < -0.4 is 10.6 Å². The van der Waals surface area contributed by atoms with Gasteiger partial charge in [-0.3, -0.25) is 5.32 Å². The zero-order valence-electron chi connectivity index (χ0n) is 24.3. The summed E-state index contributed by atoms with van der Waals surface area (Å²) in [6.45, 7) is 0. The zero-order chi connectivity index (χ0) is 29.7. The zero-order valence-corrected chi connectivity index (χ0v) is 24.3. The number of nitrogens with zero attached hydrogens (tertiary/aromatic N) is 2. The summed E-state index contributed by atoms with van der Waals surface area (Å²) in [5.41, 5.74) is 6.58. The summed E-state index contributed by atoms with van der Waals surface area (Å²) >= 11 is 0. The largest absolute Gasteiger partial charge is 0.438 e. The van der Waals surface area contributed by atoms with Crippen LogP contribution in [0, 0.1) is 0 Å². The number of rotatable bonds is 4. The Hall–Kier alpha value is -5.78. The molecule has 8 aromatic rings. The van der Waals surface area contributed by atoms with Gasteiger partial charge in [-0.05, 0) is 63.0 Å². The molecule has 0 saturated heterocycles. The molecule has 0 radical (unpaired) electrons. The van der Waals surface area contributed by atoms with Gasteiger partial charge in [0.05, 0.1) is 5.69 Å². The molecule has 2 aromatic heterocycles. The molecule has 0 fully saturated rings. The lowest BCUT2D eigenvalue weighted by molar-refractivity contribution is 0.409. The molecule has 0 aliphatic carbocycles. The van der Waals surface area contributed by atoms with Gasteiger partial charge in [-0.1, -0.05) is 115 Å². The molecule has 214 valence electrons. The third-order valence-electron chi connectivity index (χ3n) is 8.75. The van der Waals surface area contributed by atoms with Crippen LogP contribution in [-0.2, 0) is 0 Å². The van der Waals surface area contributed by atoms with Crippen molar-refractivity contribution in [3.63, 3.8) is 0 Å². The summed E-state index contributed by atoms with van der Waals surface area (Å²) in [6, 6.07) is 50.6. The lowest BCUT2D eigenvalue weighted by Crippen LogP contribution is -2.45. The molecule has 2 atom stereocenters. The predicted octanol–water partition coefficient (Wildman–Crippen LogP) is 9.29. The fourth-order valence-electron chi connectivity index (χ4n) is 6.47. The van der Waals surface area contributed by atoms with Gasteiger partial charge >= 0.3 is 0 Å². The topological polar surface area (TPSA) is 62.5 Å². The van der Waals surface area contributed by atoms with E-state index in [0.717, 1.165) is 50.1 Å². The maximum absolute atomic E-state index is 6.40. The minimum Gasteiger partial charge on any atom is -0.438 e. The smallest absolute Gasteiger partial charge is 0.227 e. The number of amidine groups is 1. The second-order valence-electron chi connectivity index (χ2n) is 11.5. The fourth-order valence-corrected chi connectivity index (χ4v) is 6.47. The Kier molecular flexibility index (Phi) is 5.96. The van der Waals surface area contributed by atoms with Crippen LogP contribution in [0.4, 0.5) is 0 Å². The van der Waals surface area contributed by atoms with Crippen LogP contribution in [-0.4, -0.2) is 10.8 Å². The molecule has 0 saturated carbocycles. The van der Waals surface area contributed by atoms with Gasteiger partial charge in [0, 0.05) is 21.9 Å². The van der Waals surface area contributed by atoms with E-state index in [2.05, 4.69) is 138 Å². The van der Waals surface area contributed by atoms with Crippen LogP contribution in [0.2, 0.25) is 0 Å². The van der Waals surface area contributed by atoms with E-state index in [-0.39, 0.29) is 12.3 Å². The molecule has 45 heavy (non-hydrogen) atoms. The molecule has 2 N–H and O–H groups in total. The Labute approximate surface area is 259 Å². The number of pyridine rings is 1. The van der Waals surface area contributed by atoms with Crippen LogP contribution in [0.1, 0.15) is 29.0 Å². The minimum absolute atomic E-state index is 0.154. The van der Waals surface area contributed by atoms with E-state index in [1.54, 1.807) is 0 Å². The Morgan fingerprint density at radius 1 is 0.578 bits per heavy atom. The quantitative estimate of drug-likeness (QED) is 0.218. The number of benzene rings is 6. The number of aromatic nitrogens is 1. The average Bonchev–Trinajstić information content (AvgIpc) is 3.49. The van der Waals surface area contributed by atoms with E-state index in [0.29, 0.717) is 5.71 Å². The van der Waals surface area contributed by atoms with Crippen molar-refractivity contribution in [3.05, 3.63) is 162 Å². The van der Waals surface area contributed by atoms with E-state index >= 15 is 0 Å². The first-order valence-corrected chi connectivity index (χ1v) is 15.2. The number of furan rings is 1. The molecular weight excluding hydrogens is 552 g/mol. The fraction of sp³-hybridized carbons (Fsp3) is 0.0500. The van der Waals surface area contributed by atoms with E-state index in [1.165, 1.54) is 21.5 Å². The van der Waals surface area contributed by atoms with Gasteiger partial charge in [0.1, 0.15) is 23.8 Å². The lowest BCUT2D eigenvalue weighted by atomic mass is 10.0.